The van der Waals surface area contributed by atoms with Gasteiger partial charge in [0.05, 0.1) is 13.4 Å². The second-order valence-corrected chi connectivity index (χ2v) is 2.66. The molecule has 0 aliphatic heterocycles. The van der Waals surface area contributed by atoms with Gasteiger partial charge in [-0.25, -0.2) is 0 Å². The van der Waals surface area contributed by atoms with Crippen molar-refractivity contribution in [1.29, 1.82) is 0 Å². The minimum atomic E-state index is 0.571. The predicted octanol–water partition coefficient (Wildman–Crippen LogP) is 1.90. The molecular weight excluding hydrogens is 166 g/mol. The van der Waals surface area contributed by atoms with Gasteiger partial charge in [-0.3, -0.25) is 9.78 Å². The highest BCUT2D eigenvalue weighted by atomic mass is 16.5. The lowest BCUT2D eigenvalue weighted by molar-refractivity contribution is 0.112. The van der Waals surface area contributed by atoms with E-state index in [-0.39, 0.29) is 0 Å². The molecule has 3 nitrogen and oxygen atoms in total. The molecule has 1 aromatic heterocycles. The van der Waals surface area contributed by atoms with E-state index in [2.05, 4.69) is 4.98 Å². The molecule has 0 aliphatic rings. The Bertz CT molecular complexity index is 331. The minimum Gasteiger partial charge on any atom is -0.504 e. The normalized spacial score (nSPS) is 11.1. The smallest absolute Gasteiger partial charge is 0.151 e. The van der Waals surface area contributed by atoms with Crippen LogP contribution in [0.15, 0.2) is 24.7 Å². The van der Waals surface area contributed by atoms with E-state index < -0.39 is 0 Å². The Balaban J connectivity index is 3.01. The van der Waals surface area contributed by atoms with Crippen LogP contribution in [-0.2, 0) is 4.74 Å². The molecule has 0 saturated carbocycles. The number of pyridine rings is 1. The quantitative estimate of drug-likeness (QED) is 0.523. The predicted molar refractivity (Wildman–Crippen MR) is 50.3 cm³/mol. The number of hydrogen-bond acceptors (Lipinski definition) is 3. The number of allylic oxidation sites excluding steroid dienone is 1. The number of carbonyl (C=O) groups is 1. The Morgan fingerprint density at radius 1 is 1.54 bits per heavy atom. The zero-order chi connectivity index (χ0) is 9.68. The van der Waals surface area contributed by atoms with Crippen LogP contribution in [0.4, 0.5) is 0 Å². The lowest BCUT2D eigenvalue weighted by Crippen LogP contribution is -1.87. The van der Waals surface area contributed by atoms with Crippen LogP contribution in [0.2, 0.25) is 0 Å². The van der Waals surface area contributed by atoms with Crippen LogP contribution in [0.5, 0.6) is 0 Å². The number of aldehydes is 1. The number of ether oxygens (including phenoxy) is 1. The third kappa shape index (κ3) is 2.40. The van der Waals surface area contributed by atoms with Crippen LogP contribution in [0.1, 0.15) is 22.8 Å². The van der Waals surface area contributed by atoms with Crippen LogP contribution in [0, 0.1) is 0 Å². The third-order valence-electron chi connectivity index (χ3n) is 1.65. The molecule has 0 spiro atoms. The van der Waals surface area contributed by atoms with Crippen LogP contribution in [0.3, 0.4) is 0 Å². The molecule has 1 aromatic rings. The van der Waals surface area contributed by atoms with Gasteiger partial charge >= 0.3 is 0 Å². The average Bonchev–Trinajstić information content (AvgIpc) is 2.18. The lowest BCUT2D eigenvalue weighted by Gasteiger charge is -2.00. The lowest BCUT2D eigenvalue weighted by atomic mass is 10.1. The summed E-state index contributed by atoms with van der Waals surface area (Å²) in [6.45, 7) is 1.90. The number of nitrogens with zero attached hydrogens (tertiary/aromatic N) is 1. The second kappa shape index (κ2) is 4.40. The fourth-order valence-electron chi connectivity index (χ4n) is 0.983. The molecule has 0 amide bonds. The highest BCUT2D eigenvalue weighted by Crippen LogP contribution is 2.12. The molecule has 1 heterocycles. The van der Waals surface area contributed by atoms with Crippen molar-refractivity contribution in [3.05, 3.63) is 35.8 Å². The van der Waals surface area contributed by atoms with Gasteiger partial charge in [-0.1, -0.05) is 0 Å². The summed E-state index contributed by atoms with van der Waals surface area (Å²) >= 11 is 0. The molecule has 0 bridgehead atoms. The van der Waals surface area contributed by atoms with Crippen molar-refractivity contribution >= 4 is 11.9 Å². The van der Waals surface area contributed by atoms with Gasteiger partial charge < -0.3 is 4.74 Å². The van der Waals surface area contributed by atoms with E-state index in [1.54, 1.807) is 25.6 Å². The maximum absolute atomic E-state index is 10.4. The number of hydrogen-bond donors (Lipinski definition) is 0. The third-order valence-corrected chi connectivity index (χ3v) is 1.65. The summed E-state index contributed by atoms with van der Waals surface area (Å²) in [5.41, 5.74) is 2.41. The number of aromatic nitrogens is 1. The SMILES string of the molecule is CO/C=C(\C)c1cncc(C=O)c1. The van der Waals surface area contributed by atoms with Crippen LogP contribution in [-0.4, -0.2) is 18.4 Å². The van der Waals surface area contributed by atoms with Gasteiger partial charge in [-0.15, -0.1) is 0 Å². The molecule has 0 unspecified atom stereocenters. The Labute approximate surface area is 77.1 Å². The molecule has 13 heavy (non-hydrogen) atoms. The van der Waals surface area contributed by atoms with Crippen molar-refractivity contribution in [3.8, 4) is 0 Å². The molecule has 0 aromatic carbocycles. The van der Waals surface area contributed by atoms with E-state index in [0.29, 0.717) is 5.56 Å². The molecule has 0 aliphatic carbocycles. The minimum absolute atomic E-state index is 0.571. The van der Waals surface area contributed by atoms with E-state index in [9.17, 15) is 4.79 Å². The van der Waals surface area contributed by atoms with E-state index in [0.717, 1.165) is 17.4 Å². The van der Waals surface area contributed by atoms with E-state index in [4.69, 9.17) is 4.74 Å². The van der Waals surface area contributed by atoms with Gasteiger partial charge in [0.15, 0.2) is 6.29 Å². The van der Waals surface area contributed by atoms with Crippen LogP contribution in [0.25, 0.3) is 5.57 Å². The first-order valence-corrected chi connectivity index (χ1v) is 3.88. The second-order valence-electron chi connectivity index (χ2n) is 2.66. The van der Waals surface area contributed by atoms with Crippen molar-refractivity contribution < 1.29 is 9.53 Å². The zero-order valence-electron chi connectivity index (χ0n) is 7.65. The van der Waals surface area contributed by atoms with Gasteiger partial charge in [-0.05, 0) is 24.1 Å². The van der Waals surface area contributed by atoms with Gasteiger partial charge in [0.25, 0.3) is 0 Å². The van der Waals surface area contributed by atoms with Gasteiger partial charge in [0.2, 0.25) is 0 Å². The molecule has 1 rings (SSSR count). The average molecular weight is 177 g/mol. The molecule has 0 fully saturated rings. The number of carbonyl (C=O) groups excluding carboxylic acids is 1. The highest BCUT2D eigenvalue weighted by molar-refractivity contribution is 5.76. The number of methoxy groups -OCH3 is 1. The Morgan fingerprint density at radius 3 is 2.92 bits per heavy atom. The van der Waals surface area contributed by atoms with Gasteiger partial charge in [0.1, 0.15) is 0 Å². The monoisotopic (exact) mass is 177 g/mol. The fraction of sp³-hybridized carbons (Fsp3) is 0.200. The topological polar surface area (TPSA) is 39.2 Å². The van der Waals surface area contributed by atoms with Crippen LogP contribution >= 0.6 is 0 Å². The first-order chi connectivity index (χ1) is 6.27. The van der Waals surface area contributed by atoms with E-state index in [1.165, 1.54) is 6.20 Å². The Hall–Kier alpha value is -1.64. The van der Waals surface area contributed by atoms with Crippen molar-refractivity contribution in [3.63, 3.8) is 0 Å². The zero-order valence-corrected chi connectivity index (χ0v) is 7.65. The van der Waals surface area contributed by atoms with Crippen LogP contribution < -0.4 is 0 Å². The molecule has 0 atom stereocenters. The summed E-state index contributed by atoms with van der Waals surface area (Å²) < 4.78 is 4.85. The summed E-state index contributed by atoms with van der Waals surface area (Å²) in [5, 5.41) is 0. The summed E-state index contributed by atoms with van der Waals surface area (Å²) in [6, 6.07) is 1.77. The molecule has 0 radical (unpaired) electrons. The summed E-state index contributed by atoms with van der Waals surface area (Å²) in [5.74, 6) is 0. The van der Waals surface area contributed by atoms with E-state index in [1.807, 2.05) is 6.92 Å². The highest BCUT2D eigenvalue weighted by Gasteiger charge is 1.97. The van der Waals surface area contributed by atoms with Crippen molar-refractivity contribution in [2.24, 2.45) is 0 Å². The Morgan fingerprint density at radius 2 is 2.31 bits per heavy atom. The van der Waals surface area contributed by atoms with E-state index >= 15 is 0 Å². The molecule has 0 saturated heterocycles. The van der Waals surface area contributed by atoms with Gasteiger partial charge in [-0.2, -0.15) is 0 Å². The maximum Gasteiger partial charge on any atom is 0.151 e. The summed E-state index contributed by atoms with van der Waals surface area (Å²) in [6.07, 6.45) is 5.61. The maximum atomic E-state index is 10.4. The fourth-order valence-corrected chi connectivity index (χ4v) is 0.983. The standard InChI is InChI=1S/C10H11NO2/c1-8(7-13-2)10-3-9(6-12)4-11-5-10/h3-7H,1-2H3/b8-7+. The van der Waals surface area contributed by atoms with Crippen molar-refractivity contribution in [2.45, 2.75) is 6.92 Å². The molecule has 68 valence electrons. The largest absolute Gasteiger partial charge is 0.504 e. The van der Waals surface area contributed by atoms with Crippen molar-refractivity contribution in [1.82, 2.24) is 4.98 Å². The Kier molecular flexibility index (Phi) is 3.20. The van der Waals surface area contributed by atoms with Crippen molar-refractivity contribution in [2.75, 3.05) is 7.11 Å². The molecule has 0 N–H and O–H groups in total. The van der Waals surface area contributed by atoms with Gasteiger partial charge in [0, 0.05) is 18.0 Å². The summed E-state index contributed by atoms with van der Waals surface area (Å²) in [7, 11) is 1.58. The molecular formula is C10H11NO2. The first kappa shape index (κ1) is 9.45. The number of rotatable bonds is 3. The summed E-state index contributed by atoms with van der Waals surface area (Å²) in [4.78, 5) is 14.4. The molecule has 3 heteroatoms. The first-order valence-electron chi connectivity index (χ1n) is 3.88.